The van der Waals surface area contributed by atoms with Crippen molar-refractivity contribution >= 4 is 29.7 Å². The minimum absolute atomic E-state index is 0.000498. The van der Waals surface area contributed by atoms with E-state index >= 15 is 0 Å². The average Bonchev–Trinajstić information content (AvgIpc) is 2.80. The number of carboxylic acids is 1. The predicted octanol–water partition coefficient (Wildman–Crippen LogP) is -1.08. The Morgan fingerprint density at radius 2 is 1.43 bits per heavy atom. The van der Waals surface area contributed by atoms with Crippen LogP contribution in [0.2, 0.25) is 0 Å². The maximum Gasteiger partial charge on any atom is 0.326 e. The summed E-state index contributed by atoms with van der Waals surface area (Å²) in [6.45, 7) is 5.30. The molecule has 0 bridgehead atoms. The molecular formula is C24H39N7O6. The first-order valence-corrected chi connectivity index (χ1v) is 12.0. The van der Waals surface area contributed by atoms with Crippen LogP contribution in [-0.2, 0) is 25.6 Å². The number of nitrogens with zero attached hydrogens (tertiary/aromatic N) is 1. The lowest BCUT2D eigenvalue weighted by atomic mass is 10.0. The van der Waals surface area contributed by atoms with Gasteiger partial charge in [-0.25, -0.2) is 4.79 Å². The van der Waals surface area contributed by atoms with Gasteiger partial charge in [0, 0.05) is 13.0 Å². The highest BCUT2D eigenvalue weighted by Crippen LogP contribution is 2.12. The van der Waals surface area contributed by atoms with Gasteiger partial charge in [-0.2, -0.15) is 0 Å². The standard InChI is InChI=1S/C24H39N7O6/c1-13(2)11-19(23(36)37)31-21(34)17(5-4-10-28-24(26)27)29-22(35)18(30-20(33)14(3)25)12-15-6-8-16(32)9-7-15/h6-9,13-14,17-19,32H,4-5,10-12,25H2,1-3H3,(H,29,35)(H,30,33)(H,31,34)(H,36,37)(H4,26,27,28). The quantitative estimate of drug-likeness (QED) is 0.0794. The van der Waals surface area contributed by atoms with Crippen LogP contribution in [0.25, 0.3) is 0 Å². The van der Waals surface area contributed by atoms with Crippen molar-refractivity contribution < 1.29 is 29.4 Å². The van der Waals surface area contributed by atoms with Gasteiger partial charge in [-0.1, -0.05) is 26.0 Å². The molecule has 1 rings (SSSR count). The fourth-order valence-electron chi connectivity index (χ4n) is 3.39. The topological polar surface area (TPSA) is 235 Å². The van der Waals surface area contributed by atoms with E-state index in [1.54, 1.807) is 12.1 Å². The average molecular weight is 522 g/mol. The van der Waals surface area contributed by atoms with E-state index < -0.39 is 47.9 Å². The summed E-state index contributed by atoms with van der Waals surface area (Å²) in [5.41, 5.74) is 17.0. The lowest BCUT2D eigenvalue weighted by Crippen LogP contribution is -2.57. The van der Waals surface area contributed by atoms with E-state index in [1.807, 2.05) is 13.8 Å². The lowest BCUT2D eigenvalue weighted by Gasteiger charge is -2.25. The highest BCUT2D eigenvalue weighted by Gasteiger charge is 2.30. The second-order valence-corrected chi connectivity index (χ2v) is 9.26. The predicted molar refractivity (Wildman–Crippen MR) is 138 cm³/mol. The van der Waals surface area contributed by atoms with Gasteiger partial charge in [-0.05, 0) is 49.8 Å². The summed E-state index contributed by atoms with van der Waals surface area (Å²) in [5, 5.41) is 26.7. The van der Waals surface area contributed by atoms with E-state index in [9.17, 15) is 29.4 Å². The molecule has 4 atom stereocenters. The number of benzene rings is 1. The molecule has 0 heterocycles. The molecule has 0 aliphatic carbocycles. The Balaban J connectivity index is 3.13. The van der Waals surface area contributed by atoms with Crippen molar-refractivity contribution in [2.24, 2.45) is 28.1 Å². The van der Waals surface area contributed by atoms with Crippen LogP contribution in [-0.4, -0.2) is 70.6 Å². The molecule has 11 N–H and O–H groups in total. The first-order valence-electron chi connectivity index (χ1n) is 12.0. The van der Waals surface area contributed by atoms with Crippen molar-refractivity contribution in [1.82, 2.24) is 16.0 Å². The van der Waals surface area contributed by atoms with Crippen LogP contribution < -0.4 is 33.2 Å². The van der Waals surface area contributed by atoms with Gasteiger partial charge in [-0.3, -0.25) is 19.4 Å². The second-order valence-electron chi connectivity index (χ2n) is 9.26. The number of hydrogen-bond donors (Lipinski definition) is 8. The Bertz CT molecular complexity index is 945. The lowest BCUT2D eigenvalue weighted by molar-refractivity contribution is -0.142. The van der Waals surface area contributed by atoms with E-state index in [1.165, 1.54) is 19.1 Å². The van der Waals surface area contributed by atoms with Crippen LogP contribution in [0.15, 0.2) is 29.3 Å². The number of aliphatic imine (C=N–C) groups is 1. The first kappa shape index (κ1) is 31.2. The van der Waals surface area contributed by atoms with E-state index in [4.69, 9.17) is 17.2 Å². The summed E-state index contributed by atoms with van der Waals surface area (Å²) in [6.07, 6.45) is 0.671. The van der Waals surface area contributed by atoms with Crippen LogP contribution >= 0.6 is 0 Å². The summed E-state index contributed by atoms with van der Waals surface area (Å²) < 4.78 is 0. The van der Waals surface area contributed by atoms with Crippen LogP contribution in [0.3, 0.4) is 0 Å². The molecule has 37 heavy (non-hydrogen) atoms. The molecule has 3 amide bonds. The van der Waals surface area contributed by atoms with Gasteiger partial charge in [0.25, 0.3) is 0 Å². The van der Waals surface area contributed by atoms with Crippen LogP contribution in [0.5, 0.6) is 5.75 Å². The Morgan fingerprint density at radius 3 is 1.95 bits per heavy atom. The number of phenolic OH excluding ortho intramolecular Hbond substituents is 1. The third kappa shape index (κ3) is 12.1. The number of phenols is 1. The summed E-state index contributed by atoms with van der Waals surface area (Å²) >= 11 is 0. The highest BCUT2D eigenvalue weighted by atomic mass is 16.4. The molecule has 0 aliphatic heterocycles. The number of aliphatic carboxylic acids is 1. The number of carboxylic acid groups (broad SMARTS) is 1. The van der Waals surface area contributed by atoms with E-state index in [0.29, 0.717) is 12.0 Å². The zero-order valence-corrected chi connectivity index (χ0v) is 21.4. The van der Waals surface area contributed by atoms with E-state index in [-0.39, 0.29) is 43.4 Å². The molecule has 13 nitrogen and oxygen atoms in total. The molecule has 4 unspecified atom stereocenters. The van der Waals surface area contributed by atoms with Gasteiger partial charge in [0.2, 0.25) is 17.7 Å². The zero-order chi connectivity index (χ0) is 28.1. The SMILES string of the molecule is CC(C)CC(NC(=O)C(CCCN=C(N)N)NC(=O)C(Cc1ccc(O)cc1)NC(=O)C(C)N)C(=O)O. The van der Waals surface area contributed by atoms with Crippen LogP contribution in [0.1, 0.15) is 45.6 Å². The fraction of sp³-hybridized carbons (Fsp3) is 0.542. The Hall–Kier alpha value is -3.87. The molecule has 0 aromatic heterocycles. The van der Waals surface area contributed by atoms with Crippen molar-refractivity contribution in [2.45, 2.75) is 70.6 Å². The number of guanidine groups is 1. The van der Waals surface area contributed by atoms with Crippen LogP contribution in [0.4, 0.5) is 0 Å². The third-order valence-electron chi connectivity index (χ3n) is 5.32. The molecule has 13 heteroatoms. The summed E-state index contributed by atoms with van der Waals surface area (Å²) in [4.78, 5) is 54.1. The Morgan fingerprint density at radius 1 is 0.892 bits per heavy atom. The highest BCUT2D eigenvalue weighted by molar-refractivity contribution is 5.94. The number of hydrogen-bond acceptors (Lipinski definition) is 7. The Labute approximate surface area is 216 Å². The first-order chi connectivity index (χ1) is 17.3. The van der Waals surface area contributed by atoms with Crippen molar-refractivity contribution in [3.8, 4) is 5.75 Å². The van der Waals surface area contributed by atoms with Gasteiger partial charge >= 0.3 is 5.97 Å². The van der Waals surface area contributed by atoms with Gasteiger partial charge in [0.1, 0.15) is 23.9 Å². The number of carbonyl (C=O) groups is 4. The minimum atomic E-state index is -1.19. The normalized spacial score (nSPS) is 14.1. The molecular weight excluding hydrogens is 482 g/mol. The second kappa shape index (κ2) is 15.3. The maximum atomic E-state index is 13.2. The molecule has 0 spiro atoms. The fourth-order valence-corrected chi connectivity index (χ4v) is 3.39. The smallest absolute Gasteiger partial charge is 0.326 e. The van der Waals surface area contributed by atoms with E-state index in [2.05, 4.69) is 20.9 Å². The summed E-state index contributed by atoms with van der Waals surface area (Å²) in [7, 11) is 0. The maximum absolute atomic E-state index is 13.2. The van der Waals surface area contributed by atoms with Gasteiger partial charge in [-0.15, -0.1) is 0 Å². The zero-order valence-electron chi connectivity index (χ0n) is 21.4. The van der Waals surface area contributed by atoms with Gasteiger partial charge in [0.05, 0.1) is 6.04 Å². The largest absolute Gasteiger partial charge is 0.508 e. The molecule has 1 aromatic carbocycles. The summed E-state index contributed by atoms with van der Waals surface area (Å²) in [6, 6.07) is 1.83. The van der Waals surface area contributed by atoms with Crippen molar-refractivity contribution in [2.75, 3.05) is 6.54 Å². The van der Waals surface area contributed by atoms with Crippen molar-refractivity contribution in [3.05, 3.63) is 29.8 Å². The molecule has 0 saturated heterocycles. The number of aromatic hydroxyl groups is 1. The van der Waals surface area contributed by atoms with Crippen molar-refractivity contribution in [1.29, 1.82) is 0 Å². The molecule has 0 fully saturated rings. The number of amides is 3. The molecule has 206 valence electrons. The third-order valence-corrected chi connectivity index (χ3v) is 5.32. The van der Waals surface area contributed by atoms with Crippen LogP contribution in [0, 0.1) is 5.92 Å². The molecule has 1 aromatic rings. The molecule has 0 saturated carbocycles. The number of nitrogens with one attached hydrogen (secondary N) is 3. The van der Waals surface area contributed by atoms with E-state index in [0.717, 1.165) is 0 Å². The number of carbonyl (C=O) groups excluding carboxylic acids is 3. The van der Waals surface area contributed by atoms with Gasteiger partial charge in [0.15, 0.2) is 5.96 Å². The Kier molecular flexibility index (Phi) is 12.9. The number of nitrogens with two attached hydrogens (primary N) is 3. The minimum Gasteiger partial charge on any atom is -0.508 e. The van der Waals surface area contributed by atoms with Gasteiger partial charge < -0.3 is 43.4 Å². The number of rotatable bonds is 15. The molecule has 0 radical (unpaired) electrons. The molecule has 0 aliphatic rings. The monoisotopic (exact) mass is 521 g/mol. The summed E-state index contributed by atoms with van der Waals surface area (Å²) in [5.74, 6) is -3.21. The van der Waals surface area contributed by atoms with Crippen molar-refractivity contribution in [3.63, 3.8) is 0 Å².